The normalized spacial score (nSPS) is 11.1. The molecule has 24 heavy (non-hydrogen) atoms. The van der Waals surface area contributed by atoms with E-state index in [1.54, 1.807) is 36.7 Å². The van der Waals surface area contributed by atoms with E-state index in [0.29, 0.717) is 24.5 Å². The molecule has 0 aliphatic heterocycles. The van der Waals surface area contributed by atoms with Crippen LogP contribution in [0, 0.1) is 0 Å². The van der Waals surface area contributed by atoms with Crippen LogP contribution in [0.5, 0.6) is 5.75 Å². The fraction of sp³-hybridized carbons (Fsp3) is 0.278. The number of carboxylic acid groups (broad SMARTS) is 1. The van der Waals surface area contributed by atoms with Crippen molar-refractivity contribution in [2.75, 3.05) is 13.2 Å². The maximum atomic E-state index is 10.7. The molecule has 0 bridgehead atoms. The first-order valence-corrected chi connectivity index (χ1v) is 7.71. The first kappa shape index (κ1) is 17.5. The number of oxime groups is 1. The van der Waals surface area contributed by atoms with Crippen molar-refractivity contribution in [3.8, 4) is 5.75 Å². The molecule has 2 aromatic rings. The number of hydrogen-bond donors (Lipinski definition) is 1. The molecule has 0 radical (unpaired) electrons. The molecule has 0 saturated carbocycles. The number of rotatable bonds is 9. The zero-order valence-corrected chi connectivity index (χ0v) is 13.5. The number of nitrogens with zero attached hydrogens (tertiary/aromatic N) is 2. The van der Waals surface area contributed by atoms with Crippen LogP contribution in [-0.2, 0) is 16.1 Å². The van der Waals surface area contributed by atoms with Gasteiger partial charge >= 0.3 is 5.97 Å². The molecule has 6 nitrogen and oxygen atoms in total. The molecule has 0 amide bonds. The molecule has 6 heteroatoms. The third-order valence-corrected chi connectivity index (χ3v) is 3.20. The van der Waals surface area contributed by atoms with Gasteiger partial charge in [-0.05, 0) is 36.2 Å². The number of pyridine rings is 1. The fourth-order valence-electron chi connectivity index (χ4n) is 2.10. The number of aliphatic carboxylic acids is 1. The Morgan fingerprint density at radius 1 is 1.25 bits per heavy atom. The van der Waals surface area contributed by atoms with E-state index in [0.717, 1.165) is 17.7 Å². The fourth-order valence-corrected chi connectivity index (χ4v) is 2.10. The molecule has 126 valence electrons. The highest BCUT2D eigenvalue weighted by atomic mass is 16.6. The molecule has 1 aromatic carbocycles. The number of benzene rings is 1. The predicted molar refractivity (Wildman–Crippen MR) is 90.3 cm³/mol. The smallest absolute Gasteiger partial charge is 0.307 e. The maximum absolute atomic E-state index is 10.7. The van der Waals surface area contributed by atoms with Crippen molar-refractivity contribution in [3.63, 3.8) is 0 Å². The standard InChI is InChI=1S/C18H20N2O4/c1-2-17(15-6-4-8-19-13-15)20-24-10-9-23-16-7-3-5-14(11-16)12-18(21)22/h3-8,11,13H,2,9-10,12H2,1H3,(H,21,22)/b20-17+. The molecule has 0 unspecified atom stereocenters. The highest BCUT2D eigenvalue weighted by Crippen LogP contribution is 2.13. The van der Waals surface area contributed by atoms with E-state index in [1.807, 2.05) is 19.1 Å². The monoisotopic (exact) mass is 328 g/mol. The number of hydrogen-bond acceptors (Lipinski definition) is 5. The van der Waals surface area contributed by atoms with Gasteiger partial charge in [0.05, 0.1) is 12.1 Å². The first-order chi connectivity index (χ1) is 11.7. The van der Waals surface area contributed by atoms with Crippen LogP contribution < -0.4 is 4.74 Å². The van der Waals surface area contributed by atoms with Gasteiger partial charge in [0, 0.05) is 18.0 Å². The Bertz CT molecular complexity index is 686. The van der Waals surface area contributed by atoms with Crippen LogP contribution in [0.4, 0.5) is 0 Å². The minimum absolute atomic E-state index is 0.0248. The van der Waals surface area contributed by atoms with E-state index in [1.165, 1.54) is 0 Å². The lowest BCUT2D eigenvalue weighted by Crippen LogP contribution is -2.07. The highest BCUT2D eigenvalue weighted by molar-refractivity contribution is 5.99. The minimum atomic E-state index is -0.868. The summed E-state index contributed by atoms with van der Waals surface area (Å²) >= 11 is 0. The number of aromatic nitrogens is 1. The Morgan fingerprint density at radius 2 is 2.12 bits per heavy atom. The van der Waals surface area contributed by atoms with Crippen molar-refractivity contribution in [2.24, 2.45) is 5.16 Å². The quantitative estimate of drug-likeness (QED) is 0.435. The molecular weight excluding hydrogens is 308 g/mol. The van der Waals surface area contributed by atoms with Crippen LogP contribution in [0.3, 0.4) is 0 Å². The Kier molecular flexibility index (Phi) is 6.76. The summed E-state index contributed by atoms with van der Waals surface area (Å²) in [7, 11) is 0. The van der Waals surface area contributed by atoms with Crippen LogP contribution in [0.25, 0.3) is 0 Å². The van der Waals surface area contributed by atoms with Gasteiger partial charge in [0.15, 0.2) is 6.61 Å². The molecule has 0 aliphatic rings. The SMILES string of the molecule is CC/C(=N\OCCOc1cccc(CC(=O)O)c1)c1cccnc1. The van der Waals surface area contributed by atoms with Gasteiger partial charge in [-0.3, -0.25) is 9.78 Å². The molecule has 0 saturated heterocycles. The predicted octanol–water partition coefficient (Wildman–Crippen LogP) is 2.92. The third kappa shape index (κ3) is 5.72. The van der Waals surface area contributed by atoms with Gasteiger partial charge in [-0.25, -0.2) is 0 Å². The van der Waals surface area contributed by atoms with Crippen molar-refractivity contribution in [1.29, 1.82) is 0 Å². The second kappa shape index (κ2) is 9.29. The summed E-state index contributed by atoms with van der Waals surface area (Å²) in [6, 6.07) is 10.8. The summed E-state index contributed by atoms with van der Waals surface area (Å²) in [6.45, 7) is 2.62. The molecule has 1 heterocycles. The topological polar surface area (TPSA) is 81.0 Å². The average molecular weight is 328 g/mol. The van der Waals surface area contributed by atoms with E-state index in [4.69, 9.17) is 14.7 Å². The van der Waals surface area contributed by atoms with Gasteiger partial charge in [-0.1, -0.05) is 24.2 Å². The van der Waals surface area contributed by atoms with Gasteiger partial charge in [-0.15, -0.1) is 0 Å². The van der Waals surface area contributed by atoms with Crippen molar-refractivity contribution in [1.82, 2.24) is 4.98 Å². The Hall–Kier alpha value is -2.89. The maximum Gasteiger partial charge on any atom is 0.307 e. The van der Waals surface area contributed by atoms with Crippen molar-refractivity contribution < 1.29 is 19.5 Å². The van der Waals surface area contributed by atoms with Crippen LogP contribution in [0.15, 0.2) is 53.9 Å². The van der Waals surface area contributed by atoms with Crippen molar-refractivity contribution in [3.05, 3.63) is 59.9 Å². The number of carboxylic acids is 1. The third-order valence-electron chi connectivity index (χ3n) is 3.20. The lowest BCUT2D eigenvalue weighted by Gasteiger charge is -2.07. The number of ether oxygens (including phenoxy) is 1. The van der Waals surface area contributed by atoms with Crippen LogP contribution >= 0.6 is 0 Å². The van der Waals surface area contributed by atoms with Gasteiger partial charge in [0.2, 0.25) is 0 Å². The summed E-state index contributed by atoms with van der Waals surface area (Å²) in [5.74, 6) is -0.253. The van der Waals surface area contributed by atoms with Crippen molar-refractivity contribution >= 4 is 11.7 Å². The van der Waals surface area contributed by atoms with Crippen molar-refractivity contribution in [2.45, 2.75) is 19.8 Å². The van der Waals surface area contributed by atoms with Gasteiger partial charge in [0.1, 0.15) is 12.4 Å². The summed E-state index contributed by atoms with van der Waals surface area (Å²) < 4.78 is 5.55. The molecular formula is C18H20N2O4. The highest BCUT2D eigenvalue weighted by Gasteiger charge is 2.03. The molecule has 0 atom stereocenters. The molecule has 1 N–H and O–H groups in total. The average Bonchev–Trinajstić information content (AvgIpc) is 2.58. The molecule has 2 rings (SSSR count). The van der Waals surface area contributed by atoms with Gasteiger partial charge in [-0.2, -0.15) is 0 Å². The molecule has 0 spiro atoms. The second-order valence-corrected chi connectivity index (χ2v) is 5.03. The van der Waals surface area contributed by atoms with Crippen LogP contribution in [0.1, 0.15) is 24.5 Å². The largest absolute Gasteiger partial charge is 0.490 e. The zero-order valence-electron chi connectivity index (χ0n) is 13.5. The van der Waals surface area contributed by atoms with Gasteiger partial charge in [0.25, 0.3) is 0 Å². The lowest BCUT2D eigenvalue weighted by molar-refractivity contribution is -0.136. The Labute approximate surface area is 140 Å². The Balaban J connectivity index is 1.80. The van der Waals surface area contributed by atoms with E-state index in [-0.39, 0.29) is 6.42 Å². The Morgan fingerprint density at radius 3 is 2.83 bits per heavy atom. The van der Waals surface area contributed by atoms with E-state index in [2.05, 4.69) is 10.1 Å². The van der Waals surface area contributed by atoms with E-state index >= 15 is 0 Å². The van der Waals surface area contributed by atoms with Crippen LogP contribution in [0.2, 0.25) is 0 Å². The number of carbonyl (C=O) groups is 1. The summed E-state index contributed by atoms with van der Waals surface area (Å²) in [5, 5.41) is 12.9. The summed E-state index contributed by atoms with van der Waals surface area (Å²) in [4.78, 5) is 20.1. The molecule has 1 aromatic heterocycles. The zero-order chi connectivity index (χ0) is 17.2. The molecule has 0 aliphatic carbocycles. The van der Waals surface area contributed by atoms with Gasteiger partial charge < -0.3 is 14.7 Å². The first-order valence-electron chi connectivity index (χ1n) is 7.71. The van der Waals surface area contributed by atoms with E-state index < -0.39 is 5.97 Å². The van der Waals surface area contributed by atoms with Crippen LogP contribution in [-0.4, -0.2) is 35.0 Å². The minimum Gasteiger partial charge on any atom is -0.490 e. The second-order valence-electron chi connectivity index (χ2n) is 5.03. The molecule has 0 fully saturated rings. The van der Waals surface area contributed by atoms with E-state index in [9.17, 15) is 4.79 Å². The summed E-state index contributed by atoms with van der Waals surface area (Å²) in [5.41, 5.74) is 2.46. The summed E-state index contributed by atoms with van der Waals surface area (Å²) in [6.07, 6.45) is 4.17. The lowest BCUT2D eigenvalue weighted by atomic mass is 10.1.